The fourth-order valence-electron chi connectivity index (χ4n) is 0.770. The SMILES string of the molecule is CN(C)C=Nc1cccc(Cl)c1F. The van der Waals surface area contributed by atoms with Crippen LogP contribution in [0.4, 0.5) is 10.1 Å². The van der Waals surface area contributed by atoms with E-state index in [0.29, 0.717) is 0 Å². The summed E-state index contributed by atoms with van der Waals surface area (Å²) in [6, 6.07) is 4.72. The van der Waals surface area contributed by atoms with Gasteiger partial charge in [-0.1, -0.05) is 17.7 Å². The Balaban J connectivity index is 2.95. The fraction of sp³-hybridized carbons (Fsp3) is 0.222. The minimum atomic E-state index is -0.484. The van der Waals surface area contributed by atoms with Gasteiger partial charge in [-0.2, -0.15) is 0 Å². The zero-order valence-corrected chi connectivity index (χ0v) is 8.22. The van der Waals surface area contributed by atoms with E-state index in [-0.39, 0.29) is 10.7 Å². The molecule has 0 unspecified atom stereocenters. The van der Waals surface area contributed by atoms with Gasteiger partial charge >= 0.3 is 0 Å². The molecule has 0 N–H and O–H groups in total. The van der Waals surface area contributed by atoms with Gasteiger partial charge in [0.15, 0.2) is 5.82 Å². The highest BCUT2D eigenvalue weighted by molar-refractivity contribution is 6.31. The van der Waals surface area contributed by atoms with Crippen molar-refractivity contribution >= 4 is 23.6 Å². The molecule has 0 heterocycles. The standard InChI is InChI=1S/C9H10ClFN2/c1-13(2)6-12-8-5-3-4-7(10)9(8)11/h3-6H,1-2H3. The number of rotatable bonds is 2. The molecule has 1 aromatic rings. The molecule has 0 saturated heterocycles. The van der Waals surface area contributed by atoms with Crippen molar-refractivity contribution in [2.45, 2.75) is 0 Å². The molecule has 0 aliphatic carbocycles. The minimum absolute atomic E-state index is 0.0911. The second-order valence-electron chi connectivity index (χ2n) is 2.78. The molecule has 0 aliphatic rings. The van der Waals surface area contributed by atoms with E-state index < -0.39 is 5.82 Å². The molecule has 0 aromatic heterocycles. The first kappa shape index (κ1) is 9.99. The molecule has 4 heteroatoms. The summed E-state index contributed by atoms with van der Waals surface area (Å²) in [6.07, 6.45) is 1.52. The molecular formula is C9H10ClFN2. The van der Waals surface area contributed by atoms with Gasteiger partial charge in [0.1, 0.15) is 5.69 Å². The normalized spacial score (nSPS) is 10.8. The van der Waals surface area contributed by atoms with E-state index in [1.165, 1.54) is 12.4 Å². The summed E-state index contributed by atoms with van der Waals surface area (Å²) in [5.74, 6) is -0.484. The average Bonchev–Trinajstić information content (AvgIpc) is 2.07. The minimum Gasteiger partial charge on any atom is -0.369 e. The van der Waals surface area contributed by atoms with Crippen LogP contribution in [-0.2, 0) is 0 Å². The molecule has 1 rings (SSSR count). The third-order valence-corrected chi connectivity index (χ3v) is 1.65. The van der Waals surface area contributed by atoms with E-state index in [1.54, 1.807) is 17.0 Å². The largest absolute Gasteiger partial charge is 0.369 e. The Kier molecular flexibility index (Phi) is 3.25. The molecule has 0 amide bonds. The van der Waals surface area contributed by atoms with Gasteiger partial charge in [0.25, 0.3) is 0 Å². The monoisotopic (exact) mass is 200 g/mol. The quantitative estimate of drug-likeness (QED) is 0.530. The number of aliphatic imine (C=N–C) groups is 1. The van der Waals surface area contributed by atoms with E-state index in [1.807, 2.05) is 14.1 Å². The van der Waals surface area contributed by atoms with Crippen LogP contribution in [0.15, 0.2) is 23.2 Å². The van der Waals surface area contributed by atoms with Crippen LogP contribution in [0.2, 0.25) is 5.02 Å². The highest BCUT2D eigenvalue weighted by Crippen LogP contribution is 2.23. The van der Waals surface area contributed by atoms with E-state index in [9.17, 15) is 4.39 Å². The number of benzene rings is 1. The first-order valence-corrected chi connectivity index (χ1v) is 4.13. The van der Waals surface area contributed by atoms with Gasteiger partial charge in [-0.25, -0.2) is 9.38 Å². The zero-order chi connectivity index (χ0) is 9.84. The molecule has 0 radical (unpaired) electrons. The summed E-state index contributed by atoms with van der Waals surface area (Å²) in [5, 5.41) is 0.0911. The number of nitrogens with zero attached hydrogens (tertiary/aromatic N) is 2. The molecule has 2 nitrogen and oxygen atoms in total. The number of halogens is 2. The molecule has 13 heavy (non-hydrogen) atoms. The average molecular weight is 201 g/mol. The van der Waals surface area contributed by atoms with Crippen LogP contribution in [0.3, 0.4) is 0 Å². The number of hydrogen-bond donors (Lipinski definition) is 0. The lowest BCUT2D eigenvalue weighted by Gasteiger charge is -2.03. The van der Waals surface area contributed by atoms with Gasteiger partial charge in [0.2, 0.25) is 0 Å². The first-order chi connectivity index (χ1) is 6.11. The van der Waals surface area contributed by atoms with Gasteiger partial charge in [0.05, 0.1) is 11.4 Å². The fourth-order valence-corrected chi connectivity index (χ4v) is 0.939. The van der Waals surface area contributed by atoms with Gasteiger partial charge < -0.3 is 4.90 Å². The molecule has 1 aromatic carbocycles. The van der Waals surface area contributed by atoms with Gasteiger partial charge in [-0.15, -0.1) is 0 Å². The Morgan fingerprint density at radius 2 is 2.15 bits per heavy atom. The van der Waals surface area contributed by atoms with Crippen LogP contribution < -0.4 is 0 Å². The van der Waals surface area contributed by atoms with Crippen molar-refractivity contribution in [2.24, 2.45) is 4.99 Å². The van der Waals surface area contributed by atoms with E-state index >= 15 is 0 Å². The Bertz CT molecular complexity index is 323. The molecule has 0 fully saturated rings. The first-order valence-electron chi connectivity index (χ1n) is 3.76. The van der Waals surface area contributed by atoms with Crippen molar-refractivity contribution in [1.82, 2.24) is 4.90 Å². The topological polar surface area (TPSA) is 15.6 Å². The molecule has 0 atom stereocenters. The lowest BCUT2D eigenvalue weighted by molar-refractivity contribution is 0.625. The summed E-state index contributed by atoms with van der Waals surface area (Å²) in [5.41, 5.74) is 0.251. The predicted octanol–water partition coefficient (Wildman–Crippen LogP) is 2.70. The Morgan fingerprint density at radius 1 is 1.46 bits per heavy atom. The summed E-state index contributed by atoms with van der Waals surface area (Å²) in [4.78, 5) is 5.63. The second-order valence-corrected chi connectivity index (χ2v) is 3.19. The molecular weight excluding hydrogens is 191 g/mol. The highest BCUT2D eigenvalue weighted by Gasteiger charge is 2.03. The van der Waals surface area contributed by atoms with Gasteiger partial charge in [0, 0.05) is 14.1 Å². The Hall–Kier alpha value is -1.09. The maximum Gasteiger partial charge on any atom is 0.167 e. The van der Waals surface area contributed by atoms with E-state index in [0.717, 1.165) is 0 Å². The van der Waals surface area contributed by atoms with Crippen LogP contribution in [0.25, 0.3) is 0 Å². The van der Waals surface area contributed by atoms with Gasteiger partial charge in [-0.05, 0) is 12.1 Å². The van der Waals surface area contributed by atoms with Crippen LogP contribution in [0, 0.1) is 5.82 Å². The van der Waals surface area contributed by atoms with Crippen molar-refractivity contribution in [3.8, 4) is 0 Å². The maximum atomic E-state index is 13.2. The van der Waals surface area contributed by atoms with Gasteiger partial charge in [-0.3, -0.25) is 0 Å². The lowest BCUT2D eigenvalue weighted by Crippen LogP contribution is -2.07. The predicted molar refractivity (Wildman–Crippen MR) is 53.2 cm³/mol. The summed E-state index contributed by atoms with van der Waals surface area (Å²) in [6.45, 7) is 0. The van der Waals surface area contributed by atoms with Crippen LogP contribution in [-0.4, -0.2) is 25.3 Å². The molecule has 70 valence electrons. The van der Waals surface area contributed by atoms with Crippen molar-refractivity contribution < 1.29 is 4.39 Å². The Labute approximate surface area is 81.7 Å². The molecule has 0 bridgehead atoms. The highest BCUT2D eigenvalue weighted by atomic mass is 35.5. The summed E-state index contributed by atoms with van der Waals surface area (Å²) in [7, 11) is 3.62. The number of hydrogen-bond acceptors (Lipinski definition) is 1. The maximum absolute atomic E-state index is 13.2. The summed E-state index contributed by atoms with van der Waals surface area (Å²) < 4.78 is 13.2. The van der Waals surface area contributed by atoms with Crippen molar-refractivity contribution in [2.75, 3.05) is 14.1 Å². The Morgan fingerprint density at radius 3 is 2.77 bits per heavy atom. The second kappa shape index (κ2) is 4.23. The summed E-state index contributed by atoms with van der Waals surface area (Å²) >= 11 is 5.57. The lowest BCUT2D eigenvalue weighted by atomic mass is 10.3. The third kappa shape index (κ3) is 2.70. The zero-order valence-electron chi connectivity index (χ0n) is 7.46. The van der Waals surface area contributed by atoms with Crippen molar-refractivity contribution in [3.63, 3.8) is 0 Å². The molecule has 0 aliphatic heterocycles. The van der Waals surface area contributed by atoms with Crippen LogP contribution in [0.1, 0.15) is 0 Å². The van der Waals surface area contributed by atoms with Crippen molar-refractivity contribution in [1.29, 1.82) is 0 Å². The van der Waals surface area contributed by atoms with Crippen LogP contribution in [0.5, 0.6) is 0 Å². The smallest absolute Gasteiger partial charge is 0.167 e. The van der Waals surface area contributed by atoms with Crippen molar-refractivity contribution in [3.05, 3.63) is 29.0 Å². The molecule has 0 saturated carbocycles. The third-order valence-electron chi connectivity index (χ3n) is 1.36. The van der Waals surface area contributed by atoms with Crippen LogP contribution >= 0.6 is 11.6 Å². The molecule has 0 spiro atoms. The van der Waals surface area contributed by atoms with E-state index in [2.05, 4.69) is 4.99 Å². The van der Waals surface area contributed by atoms with E-state index in [4.69, 9.17) is 11.6 Å².